The molecule has 1 amide bonds. The Labute approximate surface area is 183 Å². The van der Waals surface area contributed by atoms with Crippen LogP contribution in [0.1, 0.15) is 32.3 Å². The van der Waals surface area contributed by atoms with Crippen LogP contribution < -0.4 is 10.1 Å². The van der Waals surface area contributed by atoms with Gasteiger partial charge < -0.3 is 10.1 Å². The van der Waals surface area contributed by atoms with E-state index in [1.807, 2.05) is 26.0 Å². The number of nitrogens with one attached hydrogen (secondary N) is 1. The number of nitrogens with zero attached hydrogens (tertiary/aromatic N) is 1. The van der Waals surface area contributed by atoms with Gasteiger partial charge in [-0.3, -0.25) is 4.79 Å². The van der Waals surface area contributed by atoms with Crippen molar-refractivity contribution in [1.29, 1.82) is 0 Å². The minimum Gasteiger partial charge on any atom is -0.491 e. The number of piperidine rings is 1. The Morgan fingerprint density at radius 2 is 1.97 bits per heavy atom. The molecule has 30 heavy (non-hydrogen) atoms. The van der Waals surface area contributed by atoms with E-state index >= 15 is 0 Å². The predicted octanol–water partition coefficient (Wildman–Crippen LogP) is 4.31. The number of anilines is 1. The molecule has 8 heteroatoms. The number of ether oxygens (including phenoxy) is 1. The number of hydrogen-bond donors (Lipinski definition) is 1. The molecule has 1 N–H and O–H groups in total. The minimum atomic E-state index is -3.52. The van der Waals surface area contributed by atoms with Crippen molar-refractivity contribution >= 4 is 33.2 Å². The fraction of sp³-hybridized carbons (Fsp3) is 0.409. The van der Waals surface area contributed by atoms with E-state index in [2.05, 4.69) is 5.32 Å². The second-order valence-corrected chi connectivity index (χ2v) is 10.2. The van der Waals surface area contributed by atoms with E-state index in [4.69, 9.17) is 16.3 Å². The zero-order valence-corrected chi connectivity index (χ0v) is 18.7. The molecule has 1 aliphatic heterocycles. The summed E-state index contributed by atoms with van der Waals surface area (Å²) in [7, 11) is -3.52. The third kappa shape index (κ3) is 6.20. The maximum atomic E-state index is 12.9. The second kappa shape index (κ2) is 9.81. The smallest absolute Gasteiger partial charge is 0.228 e. The summed E-state index contributed by atoms with van der Waals surface area (Å²) in [5.41, 5.74) is 1.31. The summed E-state index contributed by atoms with van der Waals surface area (Å²) in [5, 5.41) is 3.46. The van der Waals surface area contributed by atoms with Gasteiger partial charge in [0.15, 0.2) is 0 Å². The van der Waals surface area contributed by atoms with Gasteiger partial charge in [0, 0.05) is 29.9 Å². The van der Waals surface area contributed by atoms with Crippen molar-refractivity contribution in [1.82, 2.24) is 4.31 Å². The van der Waals surface area contributed by atoms with Gasteiger partial charge in [0.25, 0.3) is 0 Å². The molecule has 2 aromatic carbocycles. The average molecular weight is 451 g/mol. The summed E-state index contributed by atoms with van der Waals surface area (Å²) in [4.78, 5) is 12.8. The van der Waals surface area contributed by atoms with Gasteiger partial charge in [0.1, 0.15) is 5.75 Å². The topological polar surface area (TPSA) is 75.7 Å². The highest BCUT2D eigenvalue weighted by atomic mass is 35.5. The van der Waals surface area contributed by atoms with Crippen LogP contribution in [0.5, 0.6) is 5.75 Å². The quantitative estimate of drug-likeness (QED) is 0.682. The highest BCUT2D eigenvalue weighted by Gasteiger charge is 2.32. The largest absolute Gasteiger partial charge is 0.491 e. The molecule has 0 spiro atoms. The SMILES string of the molecule is CC(C)Oc1cccc(NC(=O)C2CCCN(S(=O)(=O)Cc3ccc(Cl)cc3)C2)c1. The Morgan fingerprint density at radius 1 is 1.23 bits per heavy atom. The molecule has 0 aromatic heterocycles. The zero-order valence-electron chi connectivity index (χ0n) is 17.2. The second-order valence-electron chi connectivity index (χ2n) is 7.76. The van der Waals surface area contributed by atoms with Crippen molar-refractivity contribution in [2.45, 2.75) is 38.5 Å². The van der Waals surface area contributed by atoms with Crippen LogP contribution in [-0.4, -0.2) is 37.8 Å². The van der Waals surface area contributed by atoms with Crippen molar-refractivity contribution in [3.8, 4) is 5.75 Å². The van der Waals surface area contributed by atoms with Crippen LogP contribution in [0.2, 0.25) is 5.02 Å². The Hall–Kier alpha value is -2.09. The van der Waals surface area contributed by atoms with Crippen molar-refractivity contribution < 1.29 is 17.9 Å². The summed E-state index contributed by atoms with van der Waals surface area (Å²) in [5.74, 6) is 0.00252. The molecule has 3 rings (SSSR count). The maximum absolute atomic E-state index is 12.9. The monoisotopic (exact) mass is 450 g/mol. The summed E-state index contributed by atoms with van der Waals surface area (Å²) in [6, 6.07) is 14.0. The lowest BCUT2D eigenvalue weighted by Crippen LogP contribution is -2.44. The molecule has 0 bridgehead atoms. The van der Waals surface area contributed by atoms with Crippen molar-refractivity contribution in [3.63, 3.8) is 0 Å². The van der Waals surface area contributed by atoms with E-state index in [0.717, 1.165) is 0 Å². The number of sulfonamides is 1. The van der Waals surface area contributed by atoms with Crippen molar-refractivity contribution in [2.24, 2.45) is 5.92 Å². The lowest BCUT2D eigenvalue weighted by atomic mass is 9.98. The lowest BCUT2D eigenvalue weighted by molar-refractivity contribution is -0.120. The van der Waals surface area contributed by atoms with Gasteiger partial charge in [0.2, 0.25) is 15.9 Å². The Kier molecular flexibility index (Phi) is 7.39. The van der Waals surface area contributed by atoms with Crippen LogP contribution in [0.4, 0.5) is 5.69 Å². The Bertz CT molecular complexity index is 977. The van der Waals surface area contributed by atoms with Crippen LogP contribution in [0.25, 0.3) is 0 Å². The molecule has 1 unspecified atom stereocenters. The van der Waals surface area contributed by atoms with Gasteiger partial charge in [-0.15, -0.1) is 0 Å². The van der Waals surface area contributed by atoms with Gasteiger partial charge in [-0.05, 0) is 56.5 Å². The lowest BCUT2D eigenvalue weighted by Gasteiger charge is -2.31. The normalized spacial score (nSPS) is 17.7. The molecule has 1 heterocycles. The third-order valence-corrected chi connectivity index (χ3v) is 6.95. The fourth-order valence-electron chi connectivity index (χ4n) is 3.46. The first-order valence-corrected chi connectivity index (χ1v) is 12.0. The van der Waals surface area contributed by atoms with Crippen LogP contribution >= 0.6 is 11.6 Å². The maximum Gasteiger partial charge on any atom is 0.228 e. The molecule has 6 nitrogen and oxygen atoms in total. The van der Waals surface area contributed by atoms with Crippen LogP contribution in [0.3, 0.4) is 0 Å². The summed E-state index contributed by atoms with van der Waals surface area (Å²) >= 11 is 5.87. The number of halogens is 1. The van der Waals surface area contributed by atoms with Crippen LogP contribution in [0, 0.1) is 5.92 Å². The highest BCUT2D eigenvalue weighted by molar-refractivity contribution is 7.88. The summed E-state index contributed by atoms with van der Waals surface area (Å²) in [6.45, 7) is 4.49. The zero-order chi connectivity index (χ0) is 21.7. The minimum absolute atomic E-state index is 0.0358. The number of amides is 1. The van der Waals surface area contributed by atoms with Gasteiger partial charge in [0.05, 0.1) is 17.8 Å². The average Bonchev–Trinajstić information content (AvgIpc) is 2.69. The Balaban J connectivity index is 1.63. The standard InChI is InChI=1S/C22H27ClN2O4S/c1-16(2)29-21-7-3-6-20(13-21)24-22(26)18-5-4-12-25(14-18)30(27,28)15-17-8-10-19(23)11-9-17/h3,6-11,13,16,18H,4-5,12,14-15H2,1-2H3,(H,24,26). The predicted molar refractivity (Wildman–Crippen MR) is 119 cm³/mol. The summed E-state index contributed by atoms with van der Waals surface area (Å²) < 4.78 is 32.8. The van der Waals surface area contributed by atoms with Crippen molar-refractivity contribution in [2.75, 3.05) is 18.4 Å². The number of carbonyl (C=O) groups excluding carboxylic acids is 1. The van der Waals surface area contributed by atoms with Crippen LogP contribution in [-0.2, 0) is 20.6 Å². The van der Waals surface area contributed by atoms with Gasteiger partial charge >= 0.3 is 0 Å². The first-order chi connectivity index (χ1) is 14.2. The number of carbonyl (C=O) groups is 1. The molecule has 1 aliphatic rings. The first-order valence-electron chi connectivity index (χ1n) is 10.0. The number of rotatable bonds is 7. The molecule has 0 radical (unpaired) electrons. The molecule has 0 aliphatic carbocycles. The Morgan fingerprint density at radius 3 is 2.67 bits per heavy atom. The number of benzene rings is 2. The molecule has 2 aromatic rings. The van der Waals surface area contributed by atoms with E-state index in [-0.39, 0.29) is 24.3 Å². The van der Waals surface area contributed by atoms with E-state index in [9.17, 15) is 13.2 Å². The molecule has 0 saturated carbocycles. The molecule has 1 saturated heterocycles. The van der Waals surface area contributed by atoms with Gasteiger partial charge in [-0.2, -0.15) is 0 Å². The fourth-order valence-corrected chi connectivity index (χ4v) is 5.19. The van der Waals surface area contributed by atoms with E-state index < -0.39 is 15.9 Å². The van der Waals surface area contributed by atoms with Crippen molar-refractivity contribution in [3.05, 3.63) is 59.1 Å². The molecule has 1 fully saturated rings. The summed E-state index contributed by atoms with van der Waals surface area (Å²) in [6.07, 6.45) is 1.34. The van der Waals surface area contributed by atoms with E-state index in [1.54, 1.807) is 36.4 Å². The van der Waals surface area contributed by atoms with E-state index in [1.165, 1.54) is 4.31 Å². The molecule has 1 atom stereocenters. The van der Waals surface area contributed by atoms with E-state index in [0.29, 0.717) is 41.4 Å². The van der Waals surface area contributed by atoms with Crippen LogP contribution in [0.15, 0.2) is 48.5 Å². The highest BCUT2D eigenvalue weighted by Crippen LogP contribution is 2.24. The first kappa shape index (κ1) is 22.6. The third-order valence-electron chi connectivity index (χ3n) is 4.88. The van der Waals surface area contributed by atoms with Gasteiger partial charge in [-0.25, -0.2) is 12.7 Å². The van der Waals surface area contributed by atoms with Gasteiger partial charge in [-0.1, -0.05) is 29.8 Å². The number of hydrogen-bond acceptors (Lipinski definition) is 4. The molecule has 162 valence electrons. The molecular weight excluding hydrogens is 424 g/mol. The molecular formula is C22H27ClN2O4S.